The SMILES string of the molecule is O=c1c2c(nc(-c3ccc(C(F)F)cc3C3CC3)n1Cc1cnco1)sc1cc(Cl)ccc12. The number of oxazole rings is 1. The lowest BCUT2D eigenvalue weighted by Gasteiger charge is -2.16. The Morgan fingerprint density at radius 3 is 2.79 bits per heavy atom. The summed E-state index contributed by atoms with van der Waals surface area (Å²) >= 11 is 7.55. The van der Waals surface area contributed by atoms with Gasteiger partial charge in [-0.25, -0.2) is 18.7 Å². The maximum Gasteiger partial charge on any atom is 0.263 e. The Kier molecular flexibility index (Phi) is 4.81. The number of alkyl halides is 2. The summed E-state index contributed by atoms with van der Waals surface area (Å²) in [6, 6.07) is 10.0. The van der Waals surface area contributed by atoms with E-state index in [4.69, 9.17) is 21.0 Å². The van der Waals surface area contributed by atoms with Crippen molar-refractivity contribution in [2.75, 3.05) is 0 Å². The van der Waals surface area contributed by atoms with Crippen LogP contribution in [0.3, 0.4) is 0 Å². The van der Waals surface area contributed by atoms with Crippen molar-refractivity contribution < 1.29 is 13.2 Å². The van der Waals surface area contributed by atoms with E-state index in [9.17, 15) is 13.6 Å². The molecule has 3 heterocycles. The molecule has 166 valence electrons. The molecule has 9 heteroatoms. The molecule has 5 nitrogen and oxygen atoms in total. The molecule has 0 saturated heterocycles. The Balaban J connectivity index is 1.66. The van der Waals surface area contributed by atoms with E-state index in [1.807, 2.05) is 12.1 Å². The number of hydrogen-bond acceptors (Lipinski definition) is 5. The summed E-state index contributed by atoms with van der Waals surface area (Å²) in [5.41, 5.74) is 1.24. The lowest BCUT2D eigenvalue weighted by Crippen LogP contribution is -2.24. The summed E-state index contributed by atoms with van der Waals surface area (Å²) in [5, 5.41) is 1.87. The molecule has 6 rings (SSSR count). The summed E-state index contributed by atoms with van der Waals surface area (Å²) in [7, 11) is 0. The van der Waals surface area contributed by atoms with Gasteiger partial charge in [-0.2, -0.15) is 0 Å². The Labute approximate surface area is 195 Å². The van der Waals surface area contributed by atoms with Crippen molar-refractivity contribution in [1.29, 1.82) is 0 Å². The van der Waals surface area contributed by atoms with Gasteiger partial charge in [0.15, 0.2) is 6.39 Å². The maximum atomic E-state index is 13.8. The van der Waals surface area contributed by atoms with Gasteiger partial charge in [-0.15, -0.1) is 11.3 Å². The number of halogens is 3. The molecule has 1 fully saturated rings. The van der Waals surface area contributed by atoms with Crippen LogP contribution in [0, 0.1) is 0 Å². The second-order valence-electron chi connectivity index (χ2n) is 8.14. The lowest BCUT2D eigenvalue weighted by molar-refractivity contribution is 0.151. The van der Waals surface area contributed by atoms with Crippen LogP contribution in [0.25, 0.3) is 31.7 Å². The van der Waals surface area contributed by atoms with Crippen molar-refractivity contribution in [1.82, 2.24) is 14.5 Å². The topological polar surface area (TPSA) is 60.9 Å². The first kappa shape index (κ1) is 20.5. The molecular weight excluding hydrogens is 468 g/mol. The zero-order valence-electron chi connectivity index (χ0n) is 17.1. The quantitative estimate of drug-likeness (QED) is 0.276. The second kappa shape index (κ2) is 7.74. The zero-order valence-corrected chi connectivity index (χ0v) is 18.7. The summed E-state index contributed by atoms with van der Waals surface area (Å²) in [6.45, 7) is 0.128. The standard InChI is InChI=1S/C24H16ClF2N3O2S/c25-14-4-6-17-19(8-14)33-23-20(17)24(31)30(10-15-9-28-11-32-15)22(29-23)16-5-3-13(21(26)27)7-18(16)12-1-2-12/h3-9,11-12,21H,1-2,10H2. The molecule has 0 N–H and O–H groups in total. The second-order valence-corrected chi connectivity index (χ2v) is 9.61. The largest absolute Gasteiger partial charge is 0.447 e. The van der Waals surface area contributed by atoms with Crippen LogP contribution in [0.2, 0.25) is 5.02 Å². The van der Waals surface area contributed by atoms with Crippen molar-refractivity contribution in [3.63, 3.8) is 0 Å². The molecule has 0 radical (unpaired) electrons. The van der Waals surface area contributed by atoms with Crippen molar-refractivity contribution in [2.24, 2.45) is 0 Å². The normalized spacial score (nSPS) is 14.1. The highest BCUT2D eigenvalue weighted by atomic mass is 35.5. The van der Waals surface area contributed by atoms with Gasteiger partial charge in [0.2, 0.25) is 0 Å². The summed E-state index contributed by atoms with van der Waals surface area (Å²) in [5.74, 6) is 1.12. The van der Waals surface area contributed by atoms with E-state index in [-0.39, 0.29) is 23.6 Å². The molecule has 3 aromatic heterocycles. The number of rotatable bonds is 5. The van der Waals surface area contributed by atoms with Crippen molar-refractivity contribution >= 4 is 43.2 Å². The molecule has 0 amide bonds. The van der Waals surface area contributed by atoms with Gasteiger partial charge >= 0.3 is 0 Å². The van der Waals surface area contributed by atoms with E-state index >= 15 is 0 Å². The van der Waals surface area contributed by atoms with Crippen LogP contribution in [0.1, 0.15) is 42.1 Å². The van der Waals surface area contributed by atoms with Gasteiger partial charge in [0, 0.05) is 26.2 Å². The van der Waals surface area contributed by atoms with Crippen LogP contribution in [0.4, 0.5) is 8.78 Å². The molecule has 0 aliphatic heterocycles. The number of aromatic nitrogens is 3. The van der Waals surface area contributed by atoms with E-state index in [1.54, 1.807) is 29.0 Å². The molecule has 1 aliphatic carbocycles. The zero-order chi connectivity index (χ0) is 22.7. The third-order valence-electron chi connectivity index (χ3n) is 5.94. The predicted octanol–water partition coefficient (Wildman–Crippen LogP) is 6.78. The third-order valence-corrected chi connectivity index (χ3v) is 7.22. The summed E-state index contributed by atoms with van der Waals surface area (Å²) in [4.78, 5) is 23.2. The molecule has 0 unspecified atom stereocenters. The average Bonchev–Trinajstić information content (AvgIpc) is 3.39. The van der Waals surface area contributed by atoms with E-state index in [1.165, 1.54) is 23.8 Å². The number of fused-ring (bicyclic) bond motifs is 3. The highest BCUT2D eigenvalue weighted by Gasteiger charge is 2.30. The smallest absolute Gasteiger partial charge is 0.263 e. The minimum atomic E-state index is -2.56. The van der Waals surface area contributed by atoms with Crippen molar-refractivity contribution in [3.05, 3.63) is 81.3 Å². The molecule has 1 saturated carbocycles. The van der Waals surface area contributed by atoms with Gasteiger partial charge in [0.1, 0.15) is 16.4 Å². The lowest BCUT2D eigenvalue weighted by atomic mass is 9.99. The summed E-state index contributed by atoms with van der Waals surface area (Å²) < 4.78 is 34.7. The third kappa shape index (κ3) is 3.54. The fourth-order valence-corrected chi connectivity index (χ4v) is 5.55. The van der Waals surface area contributed by atoms with E-state index in [0.717, 1.165) is 28.5 Å². The molecule has 33 heavy (non-hydrogen) atoms. The molecule has 1 aliphatic rings. The highest BCUT2D eigenvalue weighted by Crippen LogP contribution is 2.45. The van der Waals surface area contributed by atoms with Gasteiger partial charge in [0.25, 0.3) is 12.0 Å². The summed E-state index contributed by atoms with van der Waals surface area (Å²) in [6.07, 6.45) is 2.15. The number of hydrogen-bond donors (Lipinski definition) is 0. The molecule has 0 spiro atoms. The number of thiophene rings is 1. The van der Waals surface area contributed by atoms with E-state index in [2.05, 4.69) is 4.98 Å². The van der Waals surface area contributed by atoms with E-state index < -0.39 is 6.43 Å². The Morgan fingerprint density at radius 2 is 2.06 bits per heavy atom. The fraction of sp³-hybridized carbons (Fsp3) is 0.208. The first-order valence-corrected chi connectivity index (χ1v) is 11.6. The van der Waals surface area contributed by atoms with Crippen LogP contribution in [0.15, 0.2) is 58.2 Å². The molecule has 2 aromatic carbocycles. The molecule has 5 aromatic rings. The molecular formula is C24H16ClF2N3O2S. The van der Waals surface area contributed by atoms with Crippen molar-refractivity contribution in [3.8, 4) is 11.4 Å². The van der Waals surface area contributed by atoms with Crippen molar-refractivity contribution in [2.45, 2.75) is 31.7 Å². The molecule has 0 bridgehead atoms. The predicted molar refractivity (Wildman–Crippen MR) is 124 cm³/mol. The first-order chi connectivity index (χ1) is 16.0. The average molecular weight is 484 g/mol. The monoisotopic (exact) mass is 483 g/mol. The number of benzene rings is 2. The van der Waals surface area contributed by atoms with Gasteiger partial charge in [-0.1, -0.05) is 29.8 Å². The minimum absolute atomic E-state index is 0.0256. The Hall–Kier alpha value is -3.10. The highest BCUT2D eigenvalue weighted by molar-refractivity contribution is 7.25. The van der Waals surface area contributed by atoms with Crippen LogP contribution in [-0.2, 0) is 6.54 Å². The van der Waals surface area contributed by atoms with Gasteiger partial charge in [0.05, 0.1) is 18.1 Å². The number of nitrogens with zero attached hydrogens (tertiary/aromatic N) is 3. The van der Waals surface area contributed by atoms with Gasteiger partial charge in [-0.05, 0) is 42.5 Å². The maximum absolute atomic E-state index is 13.8. The fourth-order valence-electron chi connectivity index (χ4n) is 4.21. The first-order valence-electron chi connectivity index (χ1n) is 10.4. The Bertz CT molecular complexity index is 1570. The van der Waals surface area contributed by atoms with Gasteiger partial charge < -0.3 is 4.42 Å². The van der Waals surface area contributed by atoms with Crippen LogP contribution >= 0.6 is 22.9 Å². The minimum Gasteiger partial charge on any atom is -0.447 e. The Morgan fingerprint density at radius 1 is 1.21 bits per heavy atom. The van der Waals surface area contributed by atoms with Crippen LogP contribution < -0.4 is 5.56 Å². The van der Waals surface area contributed by atoms with Crippen LogP contribution in [-0.4, -0.2) is 14.5 Å². The van der Waals surface area contributed by atoms with Gasteiger partial charge in [-0.3, -0.25) is 9.36 Å². The van der Waals surface area contributed by atoms with Crippen LogP contribution in [0.5, 0.6) is 0 Å². The van der Waals surface area contributed by atoms with E-state index in [0.29, 0.717) is 32.4 Å². The molecule has 0 atom stereocenters.